The van der Waals surface area contributed by atoms with Crippen molar-refractivity contribution in [2.75, 3.05) is 19.7 Å². The maximum absolute atomic E-state index is 12.3. The summed E-state index contributed by atoms with van der Waals surface area (Å²) in [6.07, 6.45) is 14.3. The first-order chi connectivity index (χ1) is 9.33. The summed E-state index contributed by atoms with van der Waals surface area (Å²) in [6, 6.07) is 0. The first kappa shape index (κ1) is 14.1. The van der Waals surface area contributed by atoms with Gasteiger partial charge in [0.2, 0.25) is 0 Å². The lowest BCUT2D eigenvalue weighted by Gasteiger charge is -2.14. The maximum Gasteiger partial charge on any atom is 0.254 e. The summed E-state index contributed by atoms with van der Waals surface area (Å²) in [4.78, 5) is 14.2. The summed E-state index contributed by atoms with van der Waals surface area (Å²) in [5.41, 5.74) is 2.12. The average molecular weight is 261 g/mol. The van der Waals surface area contributed by atoms with Crippen LogP contribution in [0.4, 0.5) is 0 Å². The van der Waals surface area contributed by atoms with Crippen molar-refractivity contribution in [1.29, 1.82) is 0 Å². The second kappa shape index (κ2) is 7.29. The minimum Gasteiger partial charge on any atom is -0.396 e. The fraction of sp³-hybridized carbons (Fsp3) is 0.562. The number of amides is 1. The lowest BCUT2D eigenvalue weighted by molar-refractivity contribution is -0.124. The maximum atomic E-state index is 12.3. The topological polar surface area (TPSA) is 40.5 Å². The molecule has 0 aromatic heterocycles. The molecule has 104 valence electrons. The Kier molecular flexibility index (Phi) is 5.40. The molecule has 2 aliphatic rings. The van der Waals surface area contributed by atoms with Crippen LogP contribution in [0.2, 0.25) is 0 Å². The van der Waals surface area contributed by atoms with Crippen molar-refractivity contribution in [3.05, 3.63) is 35.5 Å². The molecule has 0 spiro atoms. The van der Waals surface area contributed by atoms with Crippen LogP contribution in [0.3, 0.4) is 0 Å². The second-order valence-corrected chi connectivity index (χ2v) is 5.15. The van der Waals surface area contributed by atoms with Gasteiger partial charge in [-0.1, -0.05) is 37.1 Å². The highest BCUT2D eigenvalue weighted by atomic mass is 16.2. The summed E-state index contributed by atoms with van der Waals surface area (Å²) in [5.74, 6) is 0.198. The standard InChI is InChI=1S/C16H23NO2/c18-12-8-4-3-7-11-17-13-14-9-5-1-2-6-10-15(14)16(17)19/h1-2,9-10,18H,3-8,11-13H2/b2-1-,14-9-,15-10+. The van der Waals surface area contributed by atoms with Crippen molar-refractivity contribution in [3.63, 3.8) is 0 Å². The first-order valence-electron chi connectivity index (χ1n) is 7.27. The van der Waals surface area contributed by atoms with E-state index in [1.807, 2.05) is 4.90 Å². The molecule has 1 amide bonds. The molecule has 0 atom stereocenters. The normalized spacial score (nSPS) is 25.9. The zero-order chi connectivity index (χ0) is 13.5. The number of fused-ring (bicyclic) bond motifs is 1. The third kappa shape index (κ3) is 3.80. The van der Waals surface area contributed by atoms with Crippen molar-refractivity contribution >= 4 is 5.91 Å². The monoisotopic (exact) mass is 261 g/mol. The number of carbonyl (C=O) groups is 1. The summed E-state index contributed by atoms with van der Waals surface area (Å²) in [7, 11) is 0. The highest BCUT2D eigenvalue weighted by Crippen LogP contribution is 2.26. The van der Waals surface area contributed by atoms with Crippen molar-refractivity contribution in [2.24, 2.45) is 0 Å². The van der Waals surface area contributed by atoms with Crippen molar-refractivity contribution < 1.29 is 9.90 Å². The number of aliphatic hydroxyl groups excluding tert-OH is 1. The van der Waals surface area contributed by atoms with Gasteiger partial charge in [-0.2, -0.15) is 0 Å². The first-order valence-corrected chi connectivity index (χ1v) is 7.27. The number of hydrogen-bond donors (Lipinski definition) is 1. The van der Waals surface area contributed by atoms with E-state index in [1.165, 1.54) is 5.57 Å². The number of allylic oxidation sites excluding steroid dienone is 4. The quantitative estimate of drug-likeness (QED) is 0.590. The molecule has 1 aliphatic carbocycles. The lowest BCUT2D eigenvalue weighted by atomic mass is 10.0. The van der Waals surface area contributed by atoms with Crippen molar-refractivity contribution in [2.45, 2.75) is 38.5 Å². The molecule has 0 bridgehead atoms. The van der Waals surface area contributed by atoms with Gasteiger partial charge in [-0.3, -0.25) is 4.79 Å². The fourth-order valence-corrected chi connectivity index (χ4v) is 2.60. The predicted octanol–water partition coefficient (Wildman–Crippen LogP) is 2.58. The summed E-state index contributed by atoms with van der Waals surface area (Å²) >= 11 is 0. The molecular weight excluding hydrogens is 238 g/mol. The Morgan fingerprint density at radius 1 is 1.05 bits per heavy atom. The summed E-state index contributed by atoms with van der Waals surface area (Å²) in [6.45, 7) is 1.89. The molecule has 3 heteroatoms. The van der Waals surface area contributed by atoms with Crippen LogP contribution in [0.25, 0.3) is 0 Å². The second-order valence-electron chi connectivity index (χ2n) is 5.15. The molecule has 1 saturated heterocycles. The van der Waals surface area contributed by atoms with E-state index in [1.54, 1.807) is 0 Å². The molecule has 0 aromatic carbocycles. The van der Waals surface area contributed by atoms with Gasteiger partial charge in [0.05, 0.1) is 0 Å². The van der Waals surface area contributed by atoms with E-state index >= 15 is 0 Å². The molecule has 1 N–H and O–H groups in total. The highest BCUT2D eigenvalue weighted by Gasteiger charge is 2.29. The Morgan fingerprint density at radius 3 is 2.58 bits per heavy atom. The van der Waals surface area contributed by atoms with Crippen LogP contribution in [-0.4, -0.2) is 35.6 Å². The van der Waals surface area contributed by atoms with E-state index in [4.69, 9.17) is 5.11 Å². The SMILES string of the molecule is O=C1C2=C/C/C=C\C/C=C\2CN1CCCCCCO. The Labute approximate surface area is 115 Å². The van der Waals surface area contributed by atoms with Gasteiger partial charge in [-0.15, -0.1) is 0 Å². The molecule has 0 unspecified atom stereocenters. The zero-order valence-electron chi connectivity index (χ0n) is 11.5. The largest absolute Gasteiger partial charge is 0.396 e. The van der Waals surface area contributed by atoms with Crippen LogP contribution in [0, 0.1) is 0 Å². The average Bonchev–Trinajstić information content (AvgIpc) is 2.65. The number of rotatable bonds is 6. The minimum absolute atomic E-state index is 0.198. The molecule has 0 aromatic rings. The smallest absolute Gasteiger partial charge is 0.254 e. The van der Waals surface area contributed by atoms with Crippen molar-refractivity contribution in [3.8, 4) is 0 Å². The highest BCUT2D eigenvalue weighted by molar-refractivity contribution is 6.01. The van der Waals surface area contributed by atoms with E-state index in [0.717, 1.165) is 57.2 Å². The molecule has 0 radical (unpaired) electrons. The van der Waals surface area contributed by atoms with Gasteiger partial charge in [0.15, 0.2) is 0 Å². The van der Waals surface area contributed by atoms with Crippen molar-refractivity contribution in [1.82, 2.24) is 4.90 Å². The van der Waals surface area contributed by atoms with E-state index in [9.17, 15) is 4.79 Å². The van der Waals surface area contributed by atoms with Gasteiger partial charge in [0.1, 0.15) is 0 Å². The van der Waals surface area contributed by atoms with Crippen LogP contribution in [-0.2, 0) is 4.79 Å². The molecule has 1 aliphatic heterocycles. The lowest BCUT2D eigenvalue weighted by Crippen LogP contribution is -2.26. The van der Waals surface area contributed by atoms with Crippen LogP contribution in [0.5, 0.6) is 0 Å². The molecular formula is C16H23NO2. The van der Waals surface area contributed by atoms with E-state index in [0.29, 0.717) is 0 Å². The van der Waals surface area contributed by atoms with E-state index in [2.05, 4.69) is 24.3 Å². The van der Waals surface area contributed by atoms with Gasteiger partial charge in [0.25, 0.3) is 5.91 Å². The summed E-state index contributed by atoms with van der Waals surface area (Å²) < 4.78 is 0. The molecule has 2 rings (SSSR count). The zero-order valence-corrected chi connectivity index (χ0v) is 11.5. The minimum atomic E-state index is 0.198. The third-order valence-electron chi connectivity index (χ3n) is 3.69. The Balaban J connectivity index is 1.86. The Hall–Kier alpha value is -1.35. The predicted molar refractivity (Wildman–Crippen MR) is 76.7 cm³/mol. The van der Waals surface area contributed by atoms with Gasteiger partial charge in [0, 0.05) is 25.3 Å². The van der Waals surface area contributed by atoms with Crippen LogP contribution in [0.15, 0.2) is 35.5 Å². The molecule has 3 nitrogen and oxygen atoms in total. The number of nitrogens with zero attached hydrogens (tertiary/aromatic N) is 1. The fourth-order valence-electron chi connectivity index (χ4n) is 2.60. The number of aliphatic hydroxyl groups is 1. The van der Waals surface area contributed by atoms with E-state index < -0.39 is 0 Å². The molecule has 19 heavy (non-hydrogen) atoms. The van der Waals surface area contributed by atoms with Gasteiger partial charge in [-0.25, -0.2) is 0 Å². The number of unbranched alkanes of at least 4 members (excludes halogenated alkanes) is 3. The number of carbonyl (C=O) groups excluding carboxylic acids is 1. The summed E-state index contributed by atoms with van der Waals surface area (Å²) in [5, 5.41) is 8.73. The molecule has 1 fully saturated rings. The Bertz CT molecular complexity index is 407. The molecule has 1 heterocycles. The molecule has 0 saturated carbocycles. The Morgan fingerprint density at radius 2 is 1.79 bits per heavy atom. The van der Waals surface area contributed by atoms with Crippen LogP contribution < -0.4 is 0 Å². The van der Waals surface area contributed by atoms with Gasteiger partial charge >= 0.3 is 0 Å². The van der Waals surface area contributed by atoms with Crippen LogP contribution >= 0.6 is 0 Å². The van der Waals surface area contributed by atoms with E-state index in [-0.39, 0.29) is 12.5 Å². The van der Waals surface area contributed by atoms with Crippen LogP contribution in [0.1, 0.15) is 38.5 Å². The number of likely N-dealkylation sites (tertiary alicyclic amines) is 1. The number of hydrogen-bond acceptors (Lipinski definition) is 2. The van der Waals surface area contributed by atoms with Gasteiger partial charge in [-0.05, 0) is 31.3 Å². The van der Waals surface area contributed by atoms with Gasteiger partial charge < -0.3 is 10.0 Å². The third-order valence-corrected chi connectivity index (χ3v) is 3.69.